The summed E-state index contributed by atoms with van der Waals surface area (Å²) in [5.74, 6) is -1.39. The standard InChI is InChI=1S/C16H15F2NO2/c1-10(11-4-3-5-12(17)8-11)19-15-9-13(18)6-7-14(15)16(20)21-2/h3-10,19H,1-2H3. The zero-order chi connectivity index (χ0) is 15.4. The molecule has 0 spiro atoms. The minimum atomic E-state index is -0.566. The van der Waals surface area contributed by atoms with E-state index in [9.17, 15) is 13.6 Å². The van der Waals surface area contributed by atoms with E-state index in [0.29, 0.717) is 11.3 Å². The first kappa shape index (κ1) is 15.0. The van der Waals surface area contributed by atoms with E-state index in [4.69, 9.17) is 0 Å². The Morgan fingerprint density at radius 3 is 2.52 bits per heavy atom. The molecule has 21 heavy (non-hydrogen) atoms. The average molecular weight is 291 g/mol. The zero-order valence-electron chi connectivity index (χ0n) is 11.7. The van der Waals surface area contributed by atoms with Gasteiger partial charge in [-0.3, -0.25) is 0 Å². The first-order chi connectivity index (χ1) is 10.0. The molecular weight excluding hydrogens is 276 g/mol. The molecule has 0 heterocycles. The number of methoxy groups -OCH3 is 1. The molecule has 0 aliphatic rings. The highest BCUT2D eigenvalue weighted by Gasteiger charge is 2.15. The van der Waals surface area contributed by atoms with Crippen LogP contribution >= 0.6 is 0 Å². The number of ether oxygens (including phenoxy) is 1. The third-order valence-electron chi connectivity index (χ3n) is 3.11. The lowest BCUT2D eigenvalue weighted by atomic mass is 10.1. The van der Waals surface area contributed by atoms with Crippen molar-refractivity contribution in [3.63, 3.8) is 0 Å². The van der Waals surface area contributed by atoms with Crippen LogP contribution in [0.2, 0.25) is 0 Å². The van der Waals surface area contributed by atoms with Gasteiger partial charge in [0.1, 0.15) is 11.6 Å². The van der Waals surface area contributed by atoms with Gasteiger partial charge in [0.15, 0.2) is 0 Å². The fourth-order valence-electron chi connectivity index (χ4n) is 2.02. The molecule has 0 aliphatic carbocycles. The molecular formula is C16H15F2NO2. The molecule has 2 rings (SSSR count). The summed E-state index contributed by atoms with van der Waals surface area (Å²) < 4.78 is 31.3. The number of hydrogen-bond donors (Lipinski definition) is 1. The second-order valence-electron chi connectivity index (χ2n) is 4.60. The highest BCUT2D eigenvalue weighted by Crippen LogP contribution is 2.24. The van der Waals surface area contributed by atoms with Crippen molar-refractivity contribution in [2.45, 2.75) is 13.0 Å². The zero-order valence-corrected chi connectivity index (χ0v) is 11.7. The van der Waals surface area contributed by atoms with Gasteiger partial charge in [0.25, 0.3) is 0 Å². The second kappa shape index (κ2) is 6.35. The van der Waals surface area contributed by atoms with Crippen LogP contribution in [-0.4, -0.2) is 13.1 Å². The van der Waals surface area contributed by atoms with Crippen molar-refractivity contribution in [3.05, 3.63) is 65.2 Å². The lowest BCUT2D eigenvalue weighted by Crippen LogP contribution is -2.12. The second-order valence-corrected chi connectivity index (χ2v) is 4.60. The molecule has 2 aromatic carbocycles. The molecule has 0 fully saturated rings. The largest absolute Gasteiger partial charge is 0.465 e. The highest BCUT2D eigenvalue weighted by atomic mass is 19.1. The van der Waals surface area contributed by atoms with E-state index in [-0.39, 0.29) is 17.4 Å². The van der Waals surface area contributed by atoms with Gasteiger partial charge in [0.2, 0.25) is 0 Å². The average Bonchev–Trinajstić information content (AvgIpc) is 2.46. The molecule has 5 heteroatoms. The van der Waals surface area contributed by atoms with Crippen molar-refractivity contribution in [2.75, 3.05) is 12.4 Å². The van der Waals surface area contributed by atoms with Crippen molar-refractivity contribution in [3.8, 4) is 0 Å². The molecule has 0 amide bonds. The summed E-state index contributed by atoms with van der Waals surface area (Å²) in [7, 11) is 1.26. The van der Waals surface area contributed by atoms with Gasteiger partial charge in [0, 0.05) is 6.04 Å². The minimum Gasteiger partial charge on any atom is -0.465 e. The van der Waals surface area contributed by atoms with Gasteiger partial charge in [-0.1, -0.05) is 12.1 Å². The van der Waals surface area contributed by atoms with Crippen LogP contribution < -0.4 is 5.32 Å². The van der Waals surface area contributed by atoms with E-state index in [2.05, 4.69) is 10.1 Å². The van der Waals surface area contributed by atoms with Gasteiger partial charge in [-0.05, 0) is 42.8 Å². The number of carbonyl (C=O) groups excluding carboxylic acids is 1. The van der Waals surface area contributed by atoms with Crippen LogP contribution in [0.3, 0.4) is 0 Å². The normalized spacial score (nSPS) is 11.8. The Hall–Kier alpha value is -2.43. The molecule has 0 aliphatic heterocycles. The van der Waals surface area contributed by atoms with Gasteiger partial charge in [0.05, 0.1) is 18.4 Å². The molecule has 3 nitrogen and oxygen atoms in total. The third kappa shape index (κ3) is 3.56. The lowest BCUT2D eigenvalue weighted by Gasteiger charge is -2.18. The smallest absolute Gasteiger partial charge is 0.339 e. The van der Waals surface area contributed by atoms with E-state index in [0.717, 1.165) is 0 Å². The molecule has 1 unspecified atom stereocenters. The molecule has 0 radical (unpaired) electrons. The van der Waals surface area contributed by atoms with Gasteiger partial charge >= 0.3 is 5.97 Å². The summed E-state index contributed by atoms with van der Waals surface area (Å²) >= 11 is 0. The predicted molar refractivity (Wildman–Crippen MR) is 76.2 cm³/mol. The maximum absolute atomic E-state index is 13.4. The Bertz CT molecular complexity index is 658. The first-order valence-corrected chi connectivity index (χ1v) is 6.41. The van der Waals surface area contributed by atoms with Crippen LogP contribution in [0.1, 0.15) is 28.9 Å². The number of esters is 1. The summed E-state index contributed by atoms with van der Waals surface area (Å²) in [6.07, 6.45) is 0. The van der Waals surface area contributed by atoms with Gasteiger partial charge in [-0.15, -0.1) is 0 Å². The molecule has 0 saturated heterocycles. The van der Waals surface area contributed by atoms with Gasteiger partial charge < -0.3 is 10.1 Å². The summed E-state index contributed by atoms with van der Waals surface area (Å²) in [6.45, 7) is 1.79. The molecule has 1 N–H and O–H groups in total. The quantitative estimate of drug-likeness (QED) is 0.868. The topological polar surface area (TPSA) is 38.3 Å². The Morgan fingerprint density at radius 2 is 1.86 bits per heavy atom. The van der Waals surface area contributed by atoms with E-state index in [1.807, 2.05) is 0 Å². The summed E-state index contributed by atoms with van der Waals surface area (Å²) in [4.78, 5) is 11.7. The van der Waals surface area contributed by atoms with Crippen LogP contribution in [0.4, 0.5) is 14.5 Å². The van der Waals surface area contributed by atoms with Crippen LogP contribution in [0.25, 0.3) is 0 Å². The maximum atomic E-state index is 13.4. The monoisotopic (exact) mass is 291 g/mol. The summed E-state index contributed by atoms with van der Waals surface area (Å²) in [5, 5.41) is 3.00. The fraction of sp³-hybridized carbons (Fsp3) is 0.188. The summed E-state index contributed by atoms with van der Waals surface area (Å²) in [5.41, 5.74) is 1.22. The SMILES string of the molecule is COC(=O)c1ccc(F)cc1NC(C)c1cccc(F)c1. The Balaban J connectivity index is 2.30. The van der Waals surface area contributed by atoms with E-state index >= 15 is 0 Å². The Labute approximate surface area is 121 Å². The van der Waals surface area contributed by atoms with E-state index < -0.39 is 11.8 Å². The maximum Gasteiger partial charge on any atom is 0.339 e. The molecule has 2 aromatic rings. The van der Waals surface area contributed by atoms with Crippen LogP contribution in [0, 0.1) is 11.6 Å². The summed E-state index contributed by atoms with van der Waals surface area (Å²) in [6, 6.07) is 9.51. The number of halogens is 2. The molecule has 110 valence electrons. The Morgan fingerprint density at radius 1 is 1.14 bits per heavy atom. The van der Waals surface area contributed by atoms with Crippen LogP contribution in [0.15, 0.2) is 42.5 Å². The Kier molecular flexibility index (Phi) is 4.52. The lowest BCUT2D eigenvalue weighted by molar-refractivity contribution is 0.0601. The van der Waals surface area contributed by atoms with E-state index in [1.165, 1.54) is 37.4 Å². The number of anilines is 1. The van der Waals surface area contributed by atoms with Gasteiger partial charge in [-0.25, -0.2) is 13.6 Å². The van der Waals surface area contributed by atoms with Crippen LogP contribution in [-0.2, 0) is 4.74 Å². The van der Waals surface area contributed by atoms with Crippen molar-refractivity contribution in [2.24, 2.45) is 0 Å². The molecule has 1 atom stereocenters. The number of benzene rings is 2. The van der Waals surface area contributed by atoms with E-state index in [1.54, 1.807) is 19.1 Å². The van der Waals surface area contributed by atoms with Crippen molar-refractivity contribution in [1.82, 2.24) is 0 Å². The number of rotatable bonds is 4. The van der Waals surface area contributed by atoms with Crippen molar-refractivity contribution >= 4 is 11.7 Å². The molecule has 0 bridgehead atoms. The van der Waals surface area contributed by atoms with Crippen molar-refractivity contribution < 1.29 is 18.3 Å². The third-order valence-corrected chi connectivity index (χ3v) is 3.11. The number of carbonyl (C=O) groups is 1. The number of nitrogens with one attached hydrogen (secondary N) is 1. The highest BCUT2D eigenvalue weighted by molar-refractivity contribution is 5.95. The number of hydrogen-bond acceptors (Lipinski definition) is 3. The molecule has 0 saturated carbocycles. The molecule has 0 aromatic heterocycles. The van der Waals surface area contributed by atoms with Crippen LogP contribution in [0.5, 0.6) is 0 Å². The first-order valence-electron chi connectivity index (χ1n) is 6.41. The van der Waals surface area contributed by atoms with Crippen molar-refractivity contribution in [1.29, 1.82) is 0 Å². The minimum absolute atomic E-state index is 0.224. The predicted octanol–water partition coefficient (Wildman–Crippen LogP) is 3.92. The fourth-order valence-corrected chi connectivity index (χ4v) is 2.02. The van der Waals surface area contributed by atoms with Gasteiger partial charge in [-0.2, -0.15) is 0 Å².